The van der Waals surface area contributed by atoms with Crippen LogP contribution in [0.1, 0.15) is 22.4 Å². The molecule has 0 aliphatic heterocycles. The largest absolute Gasteiger partial charge is 0.496 e. The van der Waals surface area contributed by atoms with Gasteiger partial charge in [0.25, 0.3) is 0 Å². The second-order valence-corrected chi connectivity index (χ2v) is 6.31. The van der Waals surface area contributed by atoms with E-state index in [1.54, 1.807) is 13.3 Å². The van der Waals surface area contributed by atoms with E-state index in [0.717, 1.165) is 41.5 Å². The molecule has 0 unspecified atom stereocenters. The molecule has 1 N–H and O–H groups in total. The van der Waals surface area contributed by atoms with E-state index in [9.17, 15) is 0 Å². The summed E-state index contributed by atoms with van der Waals surface area (Å²) in [5.74, 6) is 2.41. The summed E-state index contributed by atoms with van der Waals surface area (Å²) in [5.41, 5.74) is 5.21. The van der Waals surface area contributed by atoms with E-state index in [1.165, 1.54) is 11.1 Å². The third kappa shape index (κ3) is 3.99. The molecule has 5 heteroatoms. The molecular weight excluding hydrogens is 324 g/mol. The summed E-state index contributed by atoms with van der Waals surface area (Å²) in [7, 11) is 1.71. The molecule has 0 saturated carbocycles. The maximum atomic E-state index is 5.46. The first-order valence-corrected chi connectivity index (χ1v) is 8.72. The van der Waals surface area contributed by atoms with Crippen molar-refractivity contribution in [2.45, 2.75) is 27.2 Å². The van der Waals surface area contributed by atoms with Crippen molar-refractivity contribution in [3.63, 3.8) is 0 Å². The molecule has 3 rings (SSSR count). The predicted octanol–water partition coefficient (Wildman–Crippen LogP) is 4.13. The molecule has 3 aromatic rings. The summed E-state index contributed by atoms with van der Waals surface area (Å²) >= 11 is 0. The Morgan fingerprint density at radius 1 is 1.04 bits per heavy atom. The lowest BCUT2D eigenvalue weighted by Crippen LogP contribution is -2.11. The van der Waals surface area contributed by atoms with E-state index in [1.807, 2.05) is 38.1 Å². The van der Waals surface area contributed by atoms with Crippen LogP contribution in [0.5, 0.6) is 5.75 Å². The lowest BCUT2D eigenvalue weighted by molar-refractivity contribution is 0.410. The van der Waals surface area contributed by atoms with Gasteiger partial charge >= 0.3 is 0 Å². The number of rotatable bonds is 6. The third-order valence-electron chi connectivity index (χ3n) is 4.41. The number of ether oxygens (including phenoxy) is 1. The minimum atomic E-state index is 0.643. The van der Waals surface area contributed by atoms with Crippen molar-refractivity contribution < 1.29 is 4.74 Å². The second-order valence-electron chi connectivity index (χ2n) is 6.31. The number of hydrogen-bond donors (Lipinski definition) is 1. The van der Waals surface area contributed by atoms with Crippen LogP contribution in [0, 0.1) is 20.8 Å². The third-order valence-corrected chi connectivity index (χ3v) is 4.41. The number of aromatic nitrogens is 3. The average molecular weight is 348 g/mol. The molecular formula is C21H24N4O. The highest BCUT2D eigenvalue weighted by Crippen LogP contribution is 2.22. The SMILES string of the molecule is COc1ccc(C)cc1CCNc1nc(-c2ccccn2)nc(C)c1C. The molecule has 0 radical (unpaired) electrons. The first-order chi connectivity index (χ1) is 12.6. The van der Waals surface area contributed by atoms with Crippen LogP contribution in [-0.2, 0) is 6.42 Å². The van der Waals surface area contributed by atoms with Gasteiger partial charge in [-0.3, -0.25) is 4.98 Å². The van der Waals surface area contributed by atoms with Crippen LogP contribution < -0.4 is 10.1 Å². The number of pyridine rings is 1. The van der Waals surface area contributed by atoms with E-state index in [0.29, 0.717) is 5.82 Å². The second kappa shape index (κ2) is 7.95. The molecule has 0 fully saturated rings. The fourth-order valence-corrected chi connectivity index (χ4v) is 2.83. The smallest absolute Gasteiger partial charge is 0.180 e. The monoisotopic (exact) mass is 348 g/mol. The van der Waals surface area contributed by atoms with Crippen LogP contribution in [0.4, 0.5) is 5.82 Å². The van der Waals surface area contributed by atoms with Crippen LogP contribution in [0.2, 0.25) is 0 Å². The van der Waals surface area contributed by atoms with Gasteiger partial charge in [-0.2, -0.15) is 0 Å². The number of nitrogens with zero attached hydrogens (tertiary/aromatic N) is 3. The van der Waals surface area contributed by atoms with Crippen molar-refractivity contribution in [2.75, 3.05) is 19.0 Å². The number of anilines is 1. The Kier molecular flexibility index (Phi) is 5.46. The minimum absolute atomic E-state index is 0.643. The minimum Gasteiger partial charge on any atom is -0.496 e. The van der Waals surface area contributed by atoms with Gasteiger partial charge in [0.1, 0.15) is 17.3 Å². The maximum Gasteiger partial charge on any atom is 0.180 e. The maximum absolute atomic E-state index is 5.46. The van der Waals surface area contributed by atoms with Crippen molar-refractivity contribution >= 4 is 5.82 Å². The Morgan fingerprint density at radius 3 is 2.62 bits per heavy atom. The zero-order valence-electron chi connectivity index (χ0n) is 15.7. The van der Waals surface area contributed by atoms with Gasteiger partial charge in [-0.15, -0.1) is 0 Å². The van der Waals surface area contributed by atoms with Crippen LogP contribution in [-0.4, -0.2) is 28.6 Å². The lowest BCUT2D eigenvalue weighted by Gasteiger charge is -2.13. The number of nitrogens with one attached hydrogen (secondary N) is 1. The number of methoxy groups -OCH3 is 1. The lowest BCUT2D eigenvalue weighted by atomic mass is 10.1. The molecule has 0 spiro atoms. The van der Waals surface area contributed by atoms with Crippen LogP contribution in [0.3, 0.4) is 0 Å². The van der Waals surface area contributed by atoms with Gasteiger partial charge in [-0.05, 0) is 51.0 Å². The molecule has 0 aliphatic carbocycles. The number of benzene rings is 1. The Balaban J connectivity index is 1.78. The van der Waals surface area contributed by atoms with Crippen molar-refractivity contribution in [1.82, 2.24) is 15.0 Å². The van der Waals surface area contributed by atoms with Crippen LogP contribution in [0.25, 0.3) is 11.5 Å². The first-order valence-electron chi connectivity index (χ1n) is 8.72. The molecule has 134 valence electrons. The molecule has 2 heterocycles. The standard InChI is InChI=1S/C21H24N4O/c1-14-8-9-19(26-4)17(13-14)10-12-23-20-15(2)16(3)24-21(25-20)18-7-5-6-11-22-18/h5-9,11,13H,10,12H2,1-4H3,(H,23,24,25). The summed E-state index contributed by atoms with van der Waals surface area (Å²) < 4.78 is 5.46. The van der Waals surface area contributed by atoms with E-state index in [-0.39, 0.29) is 0 Å². The molecule has 0 amide bonds. The molecule has 0 aliphatic rings. The molecule has 0 bridgehead atoms. The van der Waals surface area contributed by atoms with Crippen molar-refractivity contribution in [1.29, 1.82) is 0 Å². The zero-order valence-corrected chi connectivity index (χ0v) is 15.7. The average Bonchev–Trinajstić information content (AvgIpc) is 2.66. The Morgan fingerprint density at radius 2 is 1.88 bits per heavy atom. The summed E-state index contributed by atoms with van der Waals surface area (Å²) in [4.78, 5) is 13.6. The van der Waals surface area contributed by atoms with Gasteiger partial charge in [-0.25, -0.2) is 9.97 Å². The fourth-order valence-electron chi connectivity index (χ4n) is 2.83. The fraction of sp³-hybridized carbons (Fsp3) is 0.286. The van der Waals surface area contributed by atoms with Crippen molar-refractivity contribution in [3.05, 3.63) is 65.0 Å². The van der Waals surface area contributed by atoms with Gasteiger partial charge in [0.05, 0.1) is 7.11 Å². The number of hydrogen-bond acceptors (Lipinski definition) is 5. The quantitative estimate of drug-likeness (QED) is 0.726. The van der Waals surface area contributed by atoms with Crippen LogP contribution in [0.15, 0.2) is 42.6 Å². The Bertz CT molecular complexity index is 894. The Hall–Kier alpha value is -2.95. The summed E-state index contributed by atoms with van der Waals surface area (Å²) in [6, 6.07) is 12.0. The first kappa shape index (κ1) is 17.9. The summed E-state index contributed by atoms with van der Waals surface area (Å²) in [6.07, 6.45) is 2.61. The zero-order chi connectivity index (χ0) is 18.5. The van der Waals surface area contributed by atoms with Gasteiger partial charge in [-0.1, -0.05) is 23.8 Å². The van der Waals surface area contributed by atoms with E-state index >= 15 is 0 Å². The highest BCUT2D eigenvalue weighted by molar-refractivity contribution is 5.56. The molecule has 5 nitrogen and oxygen atoms in total. The van der Waals surface area contributed by atoms with Crippen molar-refractivity contribution in [2.24, 2.45) is 0 Å². The van der Waals surface area contributed by atoms with E-state index < -0.39 is 0 Å². The van der Waals surface area contributed by atoms with E-state index in [2.05, 4.69) is 39.3 Å². The van der Waals surface area contributed by atoms with E-state index in [4.69, 9.17) is 4.74 Å². The van der Waals surface area contributed by atoms with Gasteiger partial charge in [0, 0.05) is 24.0 Å². The molecule has 0 atom stereocenters. The van der Waals surface area contributed by atoms with Gasteiger partial charge in [0.15, 0.2) is 5.82 Å². The normalized spacial score (nSPS) is 10.6. The summed E-state index contributed by atoms with van der Waals surface area (Å²) in [5, 5.41) is 3.45. The summed E-state index contributed by atoms with van der Waals surface area (Å²) in [6.45, 7) is 6.89. The molecule has 26 heavy (non-hydrogen) atoms. The molecule has 1 aromatic carbocycles. The van der Waals surface area contributed by atoms with Crippen molar-refractivity contribution in [3.8, 4) is 17.3 Å². The number of aryl methyl sites for hydroxylation is 2. The predicted molar refractivity (Wildman–Crippen MR) is 105 cm³/mol. The van der Waals surface area contributed by atoms with Crippen LogP contribution >= 0.6 is 0 Å². The molecule has 0 saturated heterocycles. The Labute approximate surface area is 154 Å². The van der Waals surface area contributed by atoms with Gasteiger partial charge in [0.2, 0.25) is 0 Å². The highest BCUT2D eigenvalue weighted by atomic mass is 16.5. The topological polar surface area (TPSA) is 59.9 Å². The highest BCUT2D eigenvalue weighted by Gasteiger charge is 2.11. The van der Waals surface area contributed by atoms with Gasteiger partial charge < -0.3 is 10.1 Å². The molecule has 2 aromatic heterocycles.